The van der Waals surface area contributed by atoms with Crippen LogP contribution in [-0.4, -0.2) is 23.0 Å². The molecule has 0 amide bonds. The first-order valence-electron chi connectivity index (χ1n) is 9.32. The number of pyridine rings is 1. The summed E-state index contributed by atoms with van der Waals surface area (Å²) in [5.41, 5.74) is 2.55. The van der Waals surface area contributed by atoms with Crippen LogP contribution >= 0.6 is 0 Å². The third-order valence-corrected chi connectivity index (χ3v) is 4.91. The molecule has 0 saturated carbocycles. The Morgan fingerprint density at radius 3 is 2.38 bits per heavy atom. The second kappa shape index (κ2) is 8.15. The predicted molar refractivity (Wildman–Crippen MR) is 104 cm³/mol. The first-order chi connectivity index (χ1) is 12.9. The van der Waals surface area contributed by atoms with Crippen LogP contribution in [-0.2, 0) is 6.54 Å². The van der Waals surface area contributed by atoms with Gasteiger partial charge in [-0.15, -0.1) is 0 Å². The van der Waals surface area contributed by atoms with Crippen molar-refractivity contribution in [3.8, 4) is 11.5 Å². The van der Waals surface area contributed by atoms with Crippen molar-refractivity contribution >= 4 is 0 Å². The Bertz CT molecular complexity index is 803. The van der Waals surface area contributed by atoms with Gasteiger partial charge in [-0.1, -0.05) is 48.5 Å². The highest BCUT2D eigenvalue weighted by Crippen LogP contribution is 2.28. The van der Waals surface area contributed by atoms with Gasteiger partial charge in [0.1, 0.15) is 11.5 Å². The van der Waals surface area contributed by atoms with E-state index in [-0.39, 0.29) is 0 Å². The van der Waals surface area contributed by atoms with Gasteiger partial charge in [0.25, 0.3) is 0 Å². The van der Waals surface area contributed by atoms with Crippen LogP contribution in [0, 0.1) is 0 Å². The summed E-state index contributed by atoms with van der Waals surface area (Å²) in [6, 6.07) is 24.7. The Kier molecular flexibility index (Phi) is 5.27. The van der Waals surface area contributed by atoms with Crippen molar-refractivity contribution in [2.45, 2.75) is 25.3 Å². The molecule has 1 saturated heterocycles. The van der Waals surface area contributed by atoms with Gasteiger partial charge in [-0.25, -0.2) is 0 Å². The predicted octanol–water partition coefficient (Wildman–Crippen LogP) is 5.25. The SMILES string of the molecule is c1ccc(CN2CCCC(c3ccc(Oc4ccccc4)cn3)C2)cc1. The van der Waals surface area contributed by atoms with Gasteiger partial charge in [0.2, 0.25) is 0 Å². The number of nitrogens with zero attached hydrogens (tertiary/aromatic N) is 2. The summed E-state index contributed by atoms with van der Waals surface area (Å²) in [6.07, 6.45) is 4.27. The van der Waals surface area contributed by atoms with Gasteiger partial charge in [0.15, 0.2) is 0 Å². The Morgan fingerprint density at radius 1 is 0.885 bits per heavy atom. The van der Waals surface area contributed by atoms with Crippen molar-refractivity contribution in [1.29, 1.82) is 0 Å². The first kappa shape index (κ1) is 16.8. The quantitative estimate of drug-likeness (QED) is 0.632. The smallest absolute Gasteiger partial charge is 0.145 e. The van der Waals surface area contributed by atoms with Gasteiger partial charge in [0, 0.05) is 24.7 Å². The van der Waals surface area contributed by atoms with Crippen molar-refractivity contribution in [2.75, 3.05) is 13.1 Å². The van der Waals surface area contributed by atoms with Crippen LogP contribution in [0.1, 0.15) is 30.0 Å². The number of likely N-dealkylation sites (tertiary alicyclic amines) is 1. The fourth-order valence-electron chi connectivity index (χ4n) is 3.60. The van der Waals surface area contributed by atoms with Crippen molar-refractivity contribution < 1.29 is 4.74 Å². The molecule has 1 atom stereocenters. The number of hydrogen-bond acceptors (Lipinski definition) is 3. The molecular weight excluding hydrogens is 320 g/mol. The lowest BCUT2D eigenvalue weighted by Crippen LogP contribution is -2.34. The van der Waals surface area contributed by atoms with Gasteiger partial charge in [-0.3, -0.25) is 9.88 Å². The first-order valence-corrected chi connectivity index (χ1v) is 9.32. The van der Waals surface area contributed by atoms with E-state index in [1.165, 1.54) is 30.6 Å². The molecule has 0 N–H and O–H groups in total. The van der Waals surface area contributed by atoms with Crippen LogP contribution in [0.15, 0.2) is 79.0 Å². The lowest BCUT2D eigenvalue weighted by Gasteiger charge is -2.32. The van der Waals surface area contributed by atoms with Crippen LogP contribution in [0.2, 0.25) is 0 Å². The van der Waals surface area contributed by atoms with E-state index in [1.807, 2.05) is 42.6 Å². The molecule has 3 nitrogen and oxygen atoms in total. The third kappa shape index (κ3) is 4.30. The van der Waals surface area contributed by atoms with E-state index in [0.717, 1.165) is 24.6 Å². The fraction of sp³-hybridized carbons (Fsp3) is 0.261. The van der Waals surface area contributed by atoms with E-state index in [0.29, 0.717) is 5.92 Å². The van der Waals surface area contributed by atoms with Gasteiger partial charge < -0.3 is 4.74 Å². The second-order valence-electron chi connectivity index (χ2n) is 6.89. The van der Waals surface area contributed by atoms with Crippen molar-refractivity contribution in [3.63, 3.8) is 0 Å². The summed E-state index contributed by atoms with van der Waals surface area (Å²) in [5.74, 6) is 2.13. The van der Waals surface area contributed by atoms with Gasteiger partial charge in [0.05, 0.1) is 6.20 Å². The topological polar surface area (TPSA) is 25.4 Å². The zero-order valence-electron chi connectivity index (χ0n) is 14.9. The third-order valence-electron chi connectivity index (χ3n) is 4.91. The molecule has 2 heterocycles. The van der Waals surface area contributed by atoms with Crippen molar-refractivity contribution in [2.24, 2.45) is 0 Å². The highest BCUT2D eigenvalue weighted by molar-refractivity contribution is 5.30. The monoisotopic (exact) mass is 344 g/mol. The molecule has 26 heavy (non-hydrogen) atoms. The molecule has 1 aliphatic heterocycles. The Hall–Kier alpha value is -2.65. The summed E-state index contributed by atoms with van der Waals surface area (Å²) in [7, 11) is 0. The summed E-state index contributed by atoms with van der Waals surface area (Å²) in [6.45, 7) is 3.26. The minimum atomic E-state index is 0.498. The normalized spacial score (nSPS) is 17.8. The molecule has 1 aromatic heterocycles. The van der Waals surface area contributed by atoms with Crippen molar-refractivity contribution in [3.05, 3.63) is 90.3 Å². The van der Waals surface area contributed by atoms with Crippen LogP contribution in [0.5, 0.6) is 11.5 Å². The highest BCUT2D eigenvalue weighted by Gasteiger charge is 2.22. The van der Waals surface area contributed by atoms with Crippen molar-refractivity contribution in [1.82, 2.24) is 9.88 Å². The Morgan fingerprint density at radius 2 is 1.65 bits per heavy atom. The summed E-state index contributed by atoms with van der Waals surface area (Å²) < 4.78 is 5.85. The van der Waals surface area contributed by atoms with Crippen LogP contribution in [0.4, 0.5) is 0 Å². The van der Waals surface area contributed by atoms with E-state index >= 15 is 0 Å². The minimum Gasteiger partial charge on any atom is -0.456 e. The molecule has 0 radical (unpaired) electrons. The summed E-state index contributed by atoms with van der Waals surface area (Å²) in [4.78, 5) is 7.23. The Labute approximate surface area is 155 Å². The highest BCUT2D eigenvalue weighted by atomic mass is 16.5. The molecule has 1 aliphatic rings. The van der Waals surface area contributed by atoms with Gasteiger partial charge in [-0.05, 0) is 49.2 Å². The number of ether oxygens (including phenoxy) is 1. The molecule has 0 spiro atoms. The molecule has 1 unspecified atom stereocenters. The van der Waals surface area contributed by atoms with E-state index < -0.39 is 0 Å². The molecule has 132 valence electrons. The van der Waals surface area contributed by atoms with Gasteiger partial charge in [-0.2, -0.15) is 0 Å². The molecule has 0 aliphatic carbocycles. The van der Waals surface area contributed by atoms with Crippen LogP contribution < -0.4 is 4.74 Å². The zero-order valence-corrected chi connectivity index (χ0v) is 14.9. The average Bonchev–Trinajstić information content (AvgIpc) is 2.70. The fourth-order valence-corrected chi connectivity index (χ4v) is 3.60. The molecule has 3 aromatic rings. The number of hydrogen-bond donors (Lipinski definition) is 0. The van der Waals surface area contributed by atoms with E-state index in [2.05, 4.69) is 46.3 Å². The maximum Gasteiger partial charge on any atom is 0.145 e. The standard InChI is InChI=1S/C23H24N2O/c1-3-8-19(9-4-1)17-25-15-7-10-20(18-25)23-14-13-22(16-24-23)26-21-11-5-2-6-12-21/h1-6,8-9,11-14,16,20H,7,10,15,17-18H2. The van der Waals surface area contributed by atoms with Gasteiger partial charge >= 0.3 is 0 Å². The zero-order chi connectivity index (χ0) is 17.6. The molecule has 2 aromatic carbocycles. The summed E-state index contributed by atoms with van der Waals surface area (Å²) >= 11 is 0. The number of piperidine rings is 1. The Balaban J connectivity index is 1.39. The molecule has 0 bridgehead atoms. The lowest BCUT2D eigenvalue weighted by atomic mass is 9.94. The number of para-hydroxylation sites is 1. The molecule has 4 rings (SSSR count). The minimum absolute atomic E-state index is 0.498. The largest absolute Gasteiger partial charge is 0.456 e. The van der Waals surface area contributed by atoms with E-state index in [9.17, 15) is 0 Å². The number of aromatic nitrogens is 1. The number of rotatable bonds is 5. The molecular formula is C23H24N2O. The summed E-state index contributed by atoms with van der Waals surface area (Å²) in [5, 5.41) is 0. The maximum absolute atomic E-state index is 5.85. The maximum atomic E-state index is 5.85. The second-order valence-corrected chi connectivity index (χ2v) is 6.89. The van der Waals surface area contributed by atoms with Crippen LogP contribution in [0.25, 0.3) is 0 Å². The lowest BCUT2D eigenvalue weighted by molar-refractivity contribution is 0.198. The van der Waals surface area contributed by atoms with E-state index in [1.54, 1.807) is 0 Å². The van der Waals surface area contributed by atoms with Crippen LogP contribution in [0.3, 0.4) is 0 Å². The van der Waals surface area contributed by atoms with E-state index in [4.69, 9.17) is 4.74 Å². The number of benzene rings is 2. The molecule has 1 fully saturated rings. The molecule has 3 heteroatoms. The average molecular weight is 344 g/mol.